The summed E-state index contributed by atoms with van der Waals surface area (Å²) in [6, 6.07) is 35.5. The molecule has 0 bridgehead atoms. The molecule has 0 atom stereocenters. The van der Waals surface area contributed by atoms with Crippen LogP contribution in [0.1, 0.15) is 0 Å². The Kier molecular flexibility index (Phi) is 4.42. The van der Waals surface area contributed by atoms with Crippen LogP contribution in [0.15, 0.2) is 109 Å². The van der Waals surface area contributed by atoms with Crippen molar-refractivity contribution in [1.29, 1.82) is 0 Å². The van der Waals surface area contributed by atoms with Crippen molar-refractivity contribution in [3.8, 4) is 11.5 Å². The monoisotopic (exact) mass is 490 g/mol. The van der Waals surface area contributed by atoms with E-state index in [9.17, 15) is 0 Å². The maximum atomic E-state index is 6.05. The summed E-state index contributed by atoms with van der Waals surface area (Å²) in [5.74, 6) is 1.12. The van der Waals surface area contributed by atoms with Crippen LogP contribution in [0, 0.1) is 0 Å². The highest BCUT2D eigenvalue weighted by molar-refractivity contribution is 6.10. The Morgan fingerprint density at radius 2 is 0.763 bits per heavy atom. The van der Waals surface area contributed by atoms with Gasteiger partial charge in [0.05, 0.1) is 43.9 Å². The molecule has 0 saturated heterocycles. The minimum absolute atomic E-state index is 0.562. The van der Waals surface area contributed by atoms with Crippen molar-refractivity contribution < 1.29 is 9.78 Å². The first-order valence-electron chi connectivity index (χ1n) is 12.3. The lowest BCUT2D eigenvalue weighted by atomic mass is 10.1. The molecule has 178 valence electrons. The van der Waals surface area contributed by atoms with E-state index in [1.165, 1.54) is 0 Å². The fourth-order valence-electron chi connectivity index (χ4n) is 5.07. The molecule has 0 fully saturated rings. The fourth-order valence-corrected chi connectivity index (χ4v) is 5.07. The maximum absolute atomic E-state index is 6.05. The Bertz CT molecular complexity index is 2050. The number of rotatable bonds is 3. The maximum Gasteiger partial charge on any atom is 0.188 e. The summed E-state index contributed by atoms with van der Waals surface area (Å²) >= 11 is 0. The van der Waals surface area contributed by atoms with Crippen LogP contribution < -0.4 is 9.78 Å². The molecule has 2 aromatic heterocycles. The van der Waals surface area contributed by atoms with Crippen LogP contribution in [-0.2, 0) is 0 Å². The zero-order valence-electron chi connectivity index (χ0n) is 20.0. The molecule has 0 aliphatic carbocycles. The minimum Gasteiger partial charge on any atom is -0.289 e. The zero-order valence-corrected chi connectivity index (χ0v) is 20.0. The Hall–Kier alpha value is -5.36. The number of benzene rings is 6. The highest BCUT2D eigenvalue weighted by Gasteiger charge is 2.15. The van der Waals surface area contributed by atoms with Gasteiger partial charge in [0.25, 0.3) is 0 Å². The molecule has 0 amide bonds. The van der Waals surface area contributed by atoms with Gasteiger partial charge in [0, 0.05) is 0 Å². The van der Waals surface area contributed by atoms with Crippen LogP contribution >= 0.6 is 0 Å². The Labute approximate surface area is 216 Å². The molecule has 2 heterocycles. The molecular formula is C32H18N4O2. The molecule has 6 aromatic carbocycles. The Balaban J connectivity index is 1.29. The third kappa shape index (κ3) is 3.21. The van der Waals surface area contributed by atoms with Crippen LogP contribution in [0.4, 0.5) is 0 Å². The summed E-state index contributed by atoms with van der Waals surface area (Å²) < 4.78 is 0. The van der Waals surface area contributed by atoms with Gasteiger partial charge in [-0.25, -0.2) is 19.9 Å². The van der Waals surface area contributed by atoms with Gasteiger partial charge in [-0.05, 0) is 59.3 Å². The predicted octanol–water partition coefficient (Wildman–Crippen LogP) is 7.56. The van der Waals surface area contributed by atoms with Crippen molar-refractivity contribution in [3.05, 3.63) is 109 Å². The summed E-state index contributed by atoms with van der Waals surface area (Å²) in [6.45, 7) is 0. The van der Waals surface area contributed by atoms with E-state index in [4.69, 9.17) is 29.7 Å². The van der Waals surface area contributed by atoms with Crippen LogP contribution in [-0.4, -0.2) is 19.9 Å². The molecule has 8 aromatic rings. The van der Waals surface area contributed by atoms with E-state index in [2.05, 4.69) is 0 Å². The van der Waals surface area contributed by atoms with Gasteiger partial charge >= 0.3 is 0 Å². The van der Waals surface area contributed by atoms with Gasteiger partial charge in [0.15, 0.2) is 11.5 Å². The van der Waals surface area contributed by atoms with Crippen LogP contribution in [0.3, 0.4) is 0 Å². The second-order valence-corrected chi connectivity index (χ2v) is 9.17. The second-order valence-electron chi connectivity index (χ2n) is 9.17. The largest absolute Gasteiger partial charge is 0.289 e. The number of hydrogen-bond donors (Lipinski definition) is 0. The summed E-state index contributed by atoms with van der Waals surface area (Å²) in [5.41, 5.74) is 6.48. The van der Waals surface area contributed by atoms with Crippen LogP contribution in [0.2, 0.25) is 0 Å². The van der Waals surface area contributed by atoms with Crippen LogP contribution in [0.25, 0.3) is 65.7 Å². The van der Waals surface area contributed by atoms with E-state index in [0.717, 1.165) is 65.7 Å². The molecule has 0 spiro atoms. The van der Waals surface area contributed by atoms with E-state index in [1.807, 2.05) is 109 Å². The Morgan fingerprint density at radius 1 is 0.342 bits per heavy atom. The number of hydrogen-bond acceptors (Lipinski definition) is 6. The van der Waals surface area contributed by atoms with E-state index >= 15 is 0 Å². The lowest BCUT2D eigenvalue weighted by molar-refractivity contribution is -0.0967. The SMILES string of the molecule is c1cc(OOc2cccc3ccc4nc5ccccc5nc4c23)c2c(c1)ccc1nc3ccccc3nc12. The molecule has 0 aliphatic heterocycles. The molecule has 6 heteroatoms. The first kappa shape index (κ1) is 20.8. The third-order valence-corrected chi connectivity index (χ3v) is 6.85. The number of nitrogens with zero attached hydrogens (tertiary/aromatic N) is 4. The Morgan fingerprint density at radius 3 is 1.21 bits per heavy atom. The van der Waals surface area contributed by atoms with Crippen LogP contribution in [0.5, 0.6) is 11.5 Å². The normalized spacial score (nSPS) is 11.7. The van der Waals surface area contributed by atoms with Gasteiger partial charge in [-0.3, -0.25) is 9.78 Å². The van der Waals surface area contributed by atoms with Crippen molar-refractivity contribution in [1.82, 2.24) is 19.9 Å². The molecule has 6 nitrogen and oxygen atoms in total. The minimum atomic E-state index is 0.562. The molecule has 0 saturated carbocycles. The predicted molar refractivity (Wildman–Crippen MR) is 150 cm³/mol. The summed E-state index contributed by atoms with van der Waals surface area (Å²) in [6.07, 6.45) is 0. The summed E-state index contributed by atoms with van der Waals surface area (Å²) in [7, 11) is 0. The van der Waals surface area contributed by atoms with Gasteiger partial charge in [0.2, 0.25) is 0 Å². The van der Waals surface area contributed by atoms with E-state index in [1.54, 1.807) is 0 Å². The fraction of sp³-hybridized carbons (Fsp3) is 0. The van der Waals surface area contributed by atoms with E-state index in [0.29, 0.717) is 11.5 Å². The topological polar surface area (TPSA) is 70.0 Å². The van der Waals surface area contributed by atoms with Gasteiger partial charge < -0.3 is 0 Å². The van der Waals surface area contributed by atoms with E-state index in [-0.39, 0.29) is 0 Å². The molecule has 8 rings (SSSR count). The van der Waals surface area contributed by atoms with Crippen molar-refractivity contribution in [3.63, 3.8) is 0 Å². The quantitative estimate of drug-likeness (QED) is 0.110. The standard InChI is InChI=1S/C32H18N4O2/c1-3-11-23-21(9-1)33-25-17-15-19-7-5-13-27(29(19)31(25)35-23)37-38-28-14-6-8-20-16-18-26-32(30(20)28)36-24-12-4-2-10-22(24)34-26/h1-18H. The van der Waals surface area contributed by atoms with Crippen molar-refractivity contribution >= 4 is 65.7 Å². The van der Waals surface area contributed by atoms with Gasteiger partial charge in [-0.1, -0.05) is 60.7 Å². The highest BCUT2D eigenvalue weighted by atomic mass is 17.2. The van der Waals surface area contributed by atoms with Gasteiger partial charge in [-0.15, -0.1) is 0 Å². The molecular weight excluding hydrogens is 472 g/mol. The zero-order chi connectivity index (χ0) is 25.1. The summed E-state index contributed by atoms with van der Waals surface area (Å²) in [5, 5.41) is 3.67. The second kappa shape index (κ2) is 8.08. The molecule has 0 unspecified atom stereocenters. The molecule has 0 aliphatic rings. The van der Waals surface area contributed by atoms with Crippen molar-refractivity contribution in [2.75, 3.05) is 0 Å². The lowest BCUT2D eigenvalue weighted by Crippen LogP contribution is -2.02. The highest BCUT2D eigenvalue weighted by Crippen LogP contribution is 2.35. The van der Waals surface area contributed by atoms with Gasteiger partial charge in [-0.2, -0.15) is 0 Å². The average Bonchev–Trinajstić information content (AvgIpc) is 2.97. The molecule has 0 radical (unpaired) electrons. The number of aromatic nitrogens is 4. The summed E-state index contributed by atoms with van der Waals surface area (Å²) in [4.78, 5) is 31.6. The molecule has 0 N–H and O–H groups in total. The number of para-hydroxylation sites is 4. The first-order chi connectivity index (χ1) is 18.8. The first-order valence-corrected chi connectivity index (χ1v) is 12.3. The average molecular weight is 491 g/mol. The van der Waals surface area contributed by atoms with Crippen molar-refractivity contribution in [2.45, 2.75) is 0 Å². The van der Waals surface area contributed by atoms with Crippen molar-refractivity contribution in [2.24, 2.45) is 0 Å². The third-order valence-electron chi connectivity index (χ3n) is 6.85. The number of fused-ring (bicyclic) bond motifs is 8. The lowest BCUT2D eigenvalue weighted by Gasteiger charge is -2.13. The van der Waals surface area contributed by atoms with E-state index < -0.39 is 0 Å². The smallest absolute Gasteiger partial charge is 0.188 e. The van der Waals surface area contributed by atoms with Gasteiger partial charge in [0.1, 0.15) is 11.0 Å². The molecule has 38 heavy (non-hydrogen) atoms.